The maximum absolute atomic E-state index is 10.9. The van der Waals surface area contributed by atoms with Crippen LogP contribution in [0.1, 0.15) is 0 Å². The molecule has 6 heteroatoms. The van der Waals surface area contributed by atoms with Gasteiger partial charge in [0.2, 0.25) is 10.0 Å². The van der Waals surface area contributed by atoms with E-state index in [0.717, 1.165) is 0 Å². The largest absolute Gasteiger partial charge is 0.410 e. The van der Waals surface area contributed by atoms with E-state index < -0.39 is 10.0 Å². The number of benzene rings is 1. The van der Waals surface area contributed by atoms with Crippen molar-refractivity contribution in [1.82, 2.24) is 0 Å². The van der Waals surface area contributed by atoms with Gasteiger partial charge in [-0.3, -0.25) is 0 Å². The molecule has 0 unspecified atom stereocenters. The first-order valence-corrected chi connectivity index (χ1v) is 4.59. The molecule has 5 nitrogen and oxygen atoms in total. The van der Waals surface area contributed by atoms with Gasteiger partial charge in [-0.1, -0.05) is 12.1 Å². The number of nitrogens with two attached hydrogens (primary N) is 2. The molecule has 1 aromatic carbocycles. The van der Waals surface area contributed by atoms with Crippen molar-refractivity contribution in [3.8, 4) is 5.75 Å². The summed E-state index contributed by atoms with van der Waals surface area (Å²) in [6.07, 6.45) is 0. The average molecular weight is 188 g/mol. The summed E-state index contributed by atoms with van der Waals surface area (Å²) in [7, 11) is -3.75. The quantitative estimate of drug-likeness (QED) is 0.616. The van der Waals surface area contributed by atoms with Gasteiger partial charge in [-0.05, 0) is 12.1 Å². The zero-order valence-electron chi connectivity index (χ0n) is 6.10. The number of rotatable bonds is 2. The Bertz CT molecular complexity index is 374. The number of sulfonamides is 1. The minimum absolute atomic E-state index is 0.0417. The van der Waals surface area contributed by atoms with Crippen LogP contribution in [0.2, 0.25) is 0 Å². The number of hydrogen-bond donors (Lipinski definition) is 2. The van der Waals surface area contributed by atoms with Crippen molar-refractivity contribution in [1.29, 1.82) is 0 Å². The maximum atomic E-state index is 10.9. The molecule has 0 saturated carbocycles. The Kier molecular flexibility index (Phi) is 2.32. The van der Waals surface area contributed by atoms with Crippen LogP contribution in [0.3, 0.4) is 0 Å². The monoisotopic (exact) mass is 188 g/mol. The molecular weight excluding hydrogens is 180 g/mol. The predicted octanol–water partition coefficient (Wildman–Crippen LogP) is -0.413. The van der Waals surface area contributed by atoms with E-state index in [2.05, 4.69) is 4.84 Å². The van der Waals surface area contributed by atoms with E-state index in [1.54, 1.807) is 6.07 Å². The molecule has 0 aliphatic heterocycles. The molecule has 0 aliphatic rings. The minimum atomic E-state index is -3.75. The van der Waals surface area contributed by atoms with Gasteiger partial charge < -0.3 is 4.84 Å². The van der Waals surface area contributed by atoms with Gasteiger partial charge in [-0.25, -0.2) is 13.6 Å². The van der Waals surface area contributed by atoms with E-state index in [1.807, 2.05) is 0 Å². The maximum Gasteiger partial charge on any atom is 0.241 e. The van der Waals surface area contributed by atoms with Crippen LogP contribution in [-0.2, 0) is 10.0 Å². The van der Waals surface area contributed by atoms with Gasteiger partial charge in [0.1, 0.15) is 4.90 Å². The van der Waals surface area contributed by atoms with Crippen LogP contribution in [0.4, 0.5) is 0 Å². The third-order valence-electron chi connectivity index (χ3n) is 1.28. The summed E-state index contributed by atoms with van der Waals surface area (Å²) in [5, 5.41) is 4.87. The molecule has 0 spiro atoms. The summed E-state index contributed by atoms with van der Waals surface area (Å²) in [4.78, 5) is 4.19. The van der Waals surface area contributed by atoms with Crippen molar-refractivity contribution in [3.05, 3.63) is 24.3 Å². The van der Waals surface area contributed by atoms with Crippen LogP contribution in [0.25, 0.3) is 0 Å². The van der Waals surface area contributed by atoms with E-state index >= 15 is 0 Å². The molecule has 0 aromatic heterocycles. The van der Waals surface area contributed by atoms with Crippen LogP contribution in [0.15, 0.2) is 29.2 Å². The fourth-order valence-electron chi connectivity index (χ4n) is 0.783. The van der Waals surface area contributed by atoms with Crippen molar-refractivity contribution >= 4 is 10.0 Å². The highest BCUT2D eigenvalue weighted by atomic mass is 32.2. The Labute approximate surface area is 69.9 Å². The minimum Gasteiger partial charge on any atom is -0.410 e. The van der Waals surface area contributed by atoms with Crippen molar-refractivity contribution in [2.45, 2.75) is 4.90 Å². The lowest BCUT2D eigenvalue weighted by Crippen LogP contribution is -2.15. The molecular formula is C6H8N2O3S. The van der Waals surface area contributed by atoms with E-state index in [0.29, 0.717) is 0 Å². The standard InChI is InChI=1S/C6H8N2O3S/c7-11-5-3-1-2-4-6(5)12(8,9)10/h1-4H,7H2,(H2,8,9,10). The van der Waals surface area contributed by atoms with Gasteiger partial charge in [0.05, 0.1) is 0 Å². The fourth-order valence-corrected chi connectivity index (χ4v) is 1.45. The first-order valence-electron chi connectivity index (χ1n) is 3.04. The van der Waals surface area contributed by atoms with E-state index in [-0.39, 0.29) is 10.6 Å². The van der Waals surface area contributed by atoms with Crippen LogP contribution < -0.4 is 15.9 Å². The normalized spacial score (nSPS) is 11.2. The smallest absolute Gasteiger partial charge is 0.241 e. The Morgan fingerprint density at radius 2 is 1.83 bits per heavy atom. The van der Waals surface area contributed by atoms with Gasteiger partial charge in [-0.2, -0.15) is 5.90 Å². The Morgan fingerprint density at radius 1 is 1.25 bits per heavy atom. The second-order valence-corrected chi connectivity index (χ2v) is 3.64. The number of hydrogen-bond acceptors (Lipinski definition) is 4. The van der Waals surface area contributed by atoms with Crippen molar-refractivity contribution < 1.29 is 13.3 Å². The van der Waals surface area contributed by atoms with Gasteiger partial charge in [0.25, 0.3) is 0 Å². The second kappa shape index (κ2) is 3.10. The Balaban J connectivity index is 3.33. The topological polar surface area (TPSA) is 95.4 Å². The van der Waals surface area contributed by atoms with Crippen LogP contribution in [-0.4, -0.2) is 8.42 Å². The molecule has 1 rings (SSSR count). The molecule has 12 heavy (non-hydrogen) atoms. The van der Waals surface area contributed by atoms with Crippen molar-refractivity contribution in [2.75, 3.05) is 0 Å². The molecule has 0 bridgehead atoms. The first kappa shape index (κ1) is 8.98. The first-order chi connectivity index (χ1) is 5.55. The average Bonchev–Trinajstić information content (AvgIpc) is 2.03. The summed E-state index contributed by atoms with van der Waals surface area (Å²) in [6.45, 7) is 0. The number of para-hydroxylation sites is 1. The lowest BCUT2D eigenvalue weighted by molar-refractivity contribution is 0.325. The van der Waals surface area contributed by atoms with E-state index in [1.165, 1.54) is 18.2 Å². The predicted molar refractivity (Wildman–Crippen MR) is 42.6 cm³/mol. The van der Waals surface area contributed by atoms with Gasteiger partial charge >= 0.3 is 0 Å². The Hall–Kier alpha value is -1.11. The van der Waals surface area contributed by atoms with E-state index in [9.17, 15) is 8.42 Å². The summed E-state index contributed by atoms with van der Waals surface area (Å²) in [5.74, 6) is 4.87. The summed E-state index contributed by atoms with van der Waals surface area (Å²) in [5.41, 5.74) is 0. The second-order valence-electron chi connectivity index (χ2n) is 2.11. The SMILES string of the molecule is NOc1ccccc1S(N)(=O)=O. The summed E-state index contributed by atoms with van der Waals surface area (Å²) in [6, 6.07) is 5.86. The molecule has 66 valence electrons. The van der Waals surface area contributed by atoms with Crippen molar-refractivity contribution in [2.24, 2.45) is 11.0 Å². The zero-order valence-corrected chi connectivity index (χ0v) is 6.91. The van der Waals surface area contributed by atoms with Gasteiger partial charge in [-0.15, -0.1) is 0 Å². The Morgan fingerprint density at radius 3 is 2.25 bits per heavy atom. The highest BCUT2D eigenvalue weighted by Gasteiger charge is 2.13. The number of primary sulfonamides is 1. The summed E-state index contributed by atoms with van der Waals surface area (Å²) < 4.78 is 21.7. The molecule has 0 amide bonds. The molecule has 4 N–H and O–H groups in total. The highest BCUT2D eigenvalue weighted by Crippen LogP contribution is 2.19. The molecule has 0 heterocycles. The molecule has 0 radical (unpaired) electrons. The van der Waals surface area contributed by atoms with Gasteiger partial charge in [0, 0.05) is 0 Å². The van der Waals surface area contributed by atoms with Crippen LogP contribution in [0, 0.1) is 0 Å². The zero-order chi connectivity index (χ0) is 9.19. The summed E-state index contributed by atoms with van der Waals surface area (Å²) >= 11 is 0. The van der Waals surface area contributed by atoms with E-state index in [4.69, 9.17) is 11.0 Å². The third-order valence-corrected chi connectivity index (χ3v) is 2.23. The molecule has 0 aliphatic carbocycles. The third kappa shape index (κ3) is 1.73. The van der Waals surface area contributed by atoms with Gasteiger partial charge in [0.15, 0.2) is 5.75 Å². The molecule has 0 saturated heterocycles. The highest BCUT2D eigenvalue weighted by molar-refractivity contribution is 7.89. The van der Waals surface area contributed by atoms with Crippen LogP contribution in [0.5, 0.6) is 5.75 Å². The lowest BCUT2D eigenvalue weighted by atomic mass is 10.3. The molecule has 1 aromatic rings. The molecule has 0 atom stereocenters. The molecule has 0 fully saturated rings. The fraction of sp³-hybridized carbons (Fsp3) is 0. The lowest BCUT2D eigenvalue weighted by Gasteiger charge is -2.03. The van der Waals surface area contributed by atoms with Crippen molar-refractivity contribution in [3.63, 3.8) is 0 Å². The van der Waals surface area contributed by atoms with Crippen LogP contribution >= 0.6 is 0 Å².